The van der Waals surface area contributed by atoms with E-state index in [1.165, 1.54) is 0 Å². The maximum absolute atomic E-state index is 12.9. The van der Waals surface area contributed by atoms with Crippen molar-refractivity contribution in [1.29, 1.82) is 0 Å². The number of nitrogens with zero attached hydrogens (tertiary/aromatic N) is 1. The number of hydrogen-bond acceptors (Lipinski definition) is 4. The molecule has 2 aromatic carbocycles. The molecular weight excluding hydrogens is 376 g/mol. The van der Waals surface area contributed by atoms with E-state index < -0.39 is 22.0 Å². The lowest BCUT2D eigenvalue weighted by atomic mass is 10.0. The van der Waals surface area contributed by atoms with Gasteiger partial charge < -0.3 is 10.1 Å². The number of benzene rings is 2. The zero-order valence-electron chi connectivity index (χ0n) is 17.2. The van der Waals surface area contributed by atoms with Crippen LogP contribution in [-0.4, -0.2) is 33.2 Å². The Bertz CT molecular complexity index is 930. The van der Waals surface area contributed by atoms with Gasteiger partial charge in [0.15, 0.2) is 0 Å². The lowest BCUT2D eigenvalue weighted by Crippen LogP contribution is -2.45. The summed E-state index contributed by atoms with van der Waals surface area (Å²) >= 11 is 0. The number of anilines is 2. The Hall–Kier alpha value is -2.54. The predicted molar refractivity (Wildman–Crippen MR) is 114 cm³/mol. The standard InChI is InChI=1S/C21H28N2O4S/c1-7-27-19-10-8-18(9-11-19)23(28(6,25)26)17(5)21(24)22-20-15(3)12-14(2)13-16(20)4/h8-13,17H,7H2,1-6H3,(H,22,24)/t17-/m1/s1. The van der Waals surface area contributed by atoms with Crippen LogP contribution < -0.4 is 14.4 Å². The number of amides is 1. The minimum absolute atomic E-state index is 0.394. The highest BCUT2D eigenvalue weighted by Gasteiger charge is 2.29. The van der Waals surface area contributed by atoms with E-state index in [0.717, 1.165) is 27.3 Å². The smallest absolute Gasteiger partial charge is 0.248 e. The maximum atomic E-state index is 12.9. The Balaban J connectivity index is 2.33. The molecule has 0 heterocycles. The molecule has 0 radical (unpaired) electrons. The van der Waals surface area contributed by atoms with Gasteiger partial charge in [0.25, 0.3) is 0 Å². The van der Waals surface area contributed by atoms with E-state index in [2.05, 4.69) is 5.32 Å². The van der Waals surface area contributed by atoms with Gasteiger partial charge in [-0.15, -0.1) is 0 Å². The molecule has 0 spiro atoms. The van der Waals surface area contributed by atoms with Crippen LogP contribution in [0.3, 0.4) is 0 Å². The van der Waals surface area contributed by atoms with E-state index in [4.69, 9.17) is 4.74 Å². The summed E-state index contributed by atoms with van der Waals surface area (Å²) in [6.45, 7) is 9.79. The zero-order valence-corrected chi connectivity index (χ0v) is 18.1. The Morgan fingerprint density at radius 1 is 1.11 bits per heavy atom. The van der Waals surface area contributed by atoms with Crippen molar-refractivity contribution in [1.82, 2.24) is 0 Å². The van der Waals surface area contributed by atoms with Crippen LogP contribution in [0.15, 0.2) is 36.4 Å². The van der Waals surface area contributed by atoms with Gasteiger partial charge in [-0.25, -0.2) is 8.42 Å². The van der Waals surface area contributed by atoms with Crippen LogP contribution in [0, 0.1) is 20.8 Å². The first-order chi connectivity index (χ1) is 13.0. The van der Waals surface area contributed by atoms with E-state index in [1.54, 1.807) is 31.2 Å². The number of nitrogens with one attached hydrogen (secondary N) is 1. The van der Waals surface area contributed by atoms with Crippen LogP contribution in [0.2, 0.25) is 0 Å². The highest BCUT2D eigenvalue weighted by Crippen LogP contribution is 2.26. The number of carbonyl (C=O) groups is 1. The van der Waals surface area contributed by atoms with Crippen LogP contribution in [0.4, 0.5) is 11.4 Å². The van der Waals surface area contributed by atoms with Crippen molar-refractivity contribution in [2.45, 2.75) is 40.7 Å². The second-order valence-corrected chi connectivity index (χ2v) is 8.78. The van der Waals surface area contributed by atoms with Gasteiger partial charge in [0.2, 0.25) is 15.9 Å². The maximum Gasteiger partial charge on any atom is 0.248 e. The fraction of sp³-hybridized carbons (Fsp3) is 0.381. The summed E-state index contributed by atoms with van der Waals surface area (Å²) in [5.74, 6) is 0.247. The minimum Gasteiger partial charge on any atom is -0.494 e. The lowest BCUT2D eigenvalue weighted by molar-refractivity contribution is -0.116. The molecule has 7 heteroatoms. The summed E-state index contributed by atoms with van der Waals surface area (Å²) in [4.78, 5) is 12.9. The third-order valence-corrected chi connectivity index (χ3v) is 5.66. The Morgan fingerprint density at radius 2 is 1.64 bits per heavy atom. The lowest BCUT2D eigenvalue weighted by Gasteiger charge is -2.28. The molecule has 2 rings (SSSR count). The third-order valence-electron chi connectivity index (χ3n) is 4.42. The molecule has 0 aromatic heterocycles. The molecule has 0 aliphatic rings. The van der Waals surface area contributed by atoms with Crippen LogP contribution in [-0.2, 0) is 14.8 Å². The van der Waals surface area contributed by atoms with Gasteiger partial charge in [-0.1, -0.05) is 17.7 Å². The second kappa shape index (κ2) is 8.65. The quantitative estimate of drug-likeness (QED) is 0.761. The highest BCUT2D eigenvalue weighted by atomic mass is 32.2. The zero-order chi connectivity index (χ0) is 21.1. The summed E-state index contributed by atoms with van der Waals surface area (Å²) in [6, 6.07) is 9.69. The van der Waals surface area contributed by atoms with Crippen LogP contribution in [0.5, 0.6) is 5.75 Å². The van der Waals surface area contributed by atoms with Crippen molar-refractivity contribution in [2.75, 3.05) is 22.5 Å². The average Bonchev–Trinajstić information content (AvgIpc) is 2.58. The van der Waals surface area contributed by atoms with E-state index >= 15 is 0 Å². The molecule has 0 saturated heterocycles. The minimum atomic E-state index is -3.67. The summed E-state index contributed by atoms with van der Waals surface area (Å²) < 4.78 is 31.4. The molecular formula is C21H28N2O4S. The third kappa shape index (κ3) is 5.04. The molecule has 0 aliphatic heterocycles. The molecule has 1 N–H and O–H groups in total. The van der Waals surface area contributed by atoms with Gasteiger partial charge >= 0.3 is 0 Å². The summed E-state index contributed by atoms with van der Waals surface area (Å²) in [6.07, 6.45) is 1.09. The Labute approximate surface area is 167 Å². The van der Waals surface area contributed by atoms with Gasteiger partial charge in [-0.05, 0) is 70.0 Å². The molecule has 0 saturated carbocycles. The molecule has 28 heavy (non-hydrogen) atoms. The molecule has 0 aliphatic carbocycles. The molecule has 1 amide bonds. The first-order valence-electron chi connectivity index (χ1n) is 9.15. The van der Waals surface area contributed by atoms with Crippen molar-refractivity contribution in [3.8, 4) is 5.75 Å². The van der Waals surface area contributed by atoms with Gasteiger partial charge in [0.1, 0.15) is 11.8 Å². The Kier molecular flexibility index (Phi) is 6.72. The number of aryl methyl sites for hydroxylation is 3. The van der Waals surface area contributed by atoms with Crippen LogP contribution in [0.25, 0.3) is 0 Å². The number of ether oxygens (including phenoxy) is 1. The van der Waals surface area contributed by atoms with Crippen molar-refractivity contribution in [2.24, 2.45) is 0 Å². The average molecular weight is 405 g/mol. The molecule has 0 unspecified atom stereocenters. The van der Waals surface area contributed by atoms with E-state index in [-0.39, 0.29) is 0 Å². The number of rotatable bonds is 7. The first-order valence-corrected chi connectivity index (χ1v) is 11.0. The SMILES string of the molecule is CCOc1ccc(N([C@H](C)C(=O)Nc2c(C)cc(C)cc2C)S(C)(=O)=O)cc1. The predicted octanol–water partition coefficient (Wildman–Crippen LogP) is 3.80. The number of sulfonamides is 1. The van der Waals surface area contributed by atoms with Gasteiger partial charge in [0.05, 0.1) is 18.6 Å². The van der Waals surface area contributed by atoms with Crippen molar-refractivity contribution < 1.29 is 17.9 Å². The second-order valence-electron chi connectivity index (χ2n) is 6.92. The van der Waals surface area contributed by atoms with Gasteiger partial charge in [0, 0.05) is 5.69 Å². The van der Waals surface area contributed by atoms with Crippen molar-refractivity contribution in [3.63, 3.8) is 0 Å². The first kappa shape index (κ1) is 21.8. The fourth-order valence-electron chi connectivity index (χ4n) is 3.27. The number of carbonyl (C=O) groups excluding carboxylic acids is 1. The molecule has 0 fully saturated rings. The largest absolute Gasteiger partial charge is 0.494 e. The monoisotopic (exact) mass is 404 g/mol. The van der Waals surface area contributed by atoms with E-state index in [1.807, 2.05) is 39.8 Å². The molecule has 152 valence electrons. The molecule has 6 nitrogen and oxygen atoms in total. The van der Waals surface area contributed by atoms with E-state index in [9.17, 15) is 13.2 Å². The van der Waals surface area contributed by atoms with Crippen LogP contribution >= 0.6 is 0 Å². The normalized spacial score (nSPS) is 12.4. The van der Waals surface area contributed by atoms with Gasteiger partial charge in [-0.3, -0.25) is 9.10 Å². The van der Waals surface area contributed by atoms with Gasteiger partial charge in [-0.2, -0.15) is 0 Å². The fourth-order valence-corrected chi connectivity index (χ4v) is 4.44. The van der Waals surface area contributed by atoms with Crippen LogP contribution in [0.1, 0.15) is 30.5 Å². The number of hydrogen-bond donors (Lipinski definition) is 1. The molecule has 1 atom stereocenters. The topological polar surface area (TPSA) is 75.7 Å². The molecule has 2 aromatic rings. The van der Waals surface area contributed by atoms with Crippen molar-refractivity contribution in [3.05, 3.63) is 53.1 Å². The summed E-state index contributed by atoms with van der Waals surface area (Å²) in [7, 11) is -3.67. The van der Waals surface area contributed by atoms with E-state index in [0.29, 0.717) is 23.7 Å². The van der Waals surface area contributed by atoms with Crippen molar-refractivity contribution >= 4 is 27.3 Å². The Morgan fingerprint density at radius 3 is 2.11 bits per heavy atom. The highest BCUT2D eigenvalue weighted by molar-refractivity contribution is 7.92. The summed E-state index contributed by atoms with van der Waals surface area (Å²) in [5.41, 5.74) is 4.09. The summed E-state index contributed by atoms with van der Waals surface area (Å²) in [5, 5.41) is 2.89. The molecule has 0 bridgehead atoms.